The molecule has 0 radical (unpaired) electrons. The van der Waals surface area contributed by atoms with Crippen LogP contribution in [0.25, 0.3) is 11.2 Å². The molecule has 1 saturated heterocycles. The van der Waals surface area contributed by atoms with E-state index < -0.39 is 54.6 Å². The molecule has 1 aliphatic heterocycles. The summed E-state index contributed by atoms with van der Waals surface area (Å²) in [5.41, 5.74) is 6.20. The molecule has 0 spiro atoms. The number of hydrogen-bond acceptors (Lipinski definition) is 15. The predicted molar refractivity (Wildman–Crippen MR) is 154 cm³/mol. The van der Waals surface area contributed by atoms with Crippen molar-refractivity contribution in [3.8, 4) is 0 Å². The average Bonchev–Trinajstić information content (AvgIpc) is 3.39. The average molecular weight is 789 g/mol. The lowest BCUT2D eigenvalue weighted by molar-refractivity contribution is -0.118. The Balaban J connectivity index is 1.67. The van der Waals surface area contributed by atoms with Crippen LogP contribution in [0.4, 0.5) is 11.8 Å². The van der Waals surface area contributed by atoms with Gasteiger partial charge in [0.25, 0.3) is 0 Å². The molecule has 0 bridgehead atoms. The molecule has 25 heteroatoms. The number of halogens is 1. The summed E-state index contributed by atoms with van der Waals surface area (Å²) in [6, 6.07) is 0. The van der Waals surface area contributed by atoms with Crippen molar-refractivity contribution in [2.24, 2.45) is 0 Å². The Morgan fingerprint density at radius 3 is 2.35 bits per heavy atom. The van der Waals surface area contributed by atoms with Crippen LogP contribution in [-0.4, -0.2) is 97.6 Å². The Labute approximate surface area is 257 Å². The smallest absolute Gasteiger partial charge is 0.387 e. The molecule has 0 aliphatic carbocycles. The van der Waals surface area contributed by atoms with E-state index in [4.69, 9.17) is 20.3 Å². The molecule has 1 aliphatic rings. The van der Waals surface area contributed by atoms with Crippen molar-refractivity contribution in [3.05, 3.63) is 6.33 Å². The fourth-order valence-corrected chi connectivity index (χ4v) is 7.22. The van der Waals surface area contributed by atoms with E-state index in [-0.39, 0.29) is 28.8 Å². The minimum absolute atomic E-state index is 0.0117. The van der Waals surface area contributed by atoms with Crippen molar-refractivity contribution < 1.29 is 66.2 Å². The highest BCUT2D eigenvalue weighted by atomic mass is 127. The van der Waals surface area contributed by atoms with Crippen molar-refractivity contribution in [1.82, 2.24) is 24.8 Å². The van der Waals surface area contributed by atoms with Crippen LogP contribution in [0.15, 0.2) is 6.33 Å². The van der Waals surface area contributed by atoms with Crippen LogP contribution in [0, 0.1) is 0 Å². The van der Waals surface area contributed by atoms with Gasteiger partial charge < -0.3 is 50.9 Å². The number of anilines is 2. The fourth-order valence-electron chi connectivity index (χ4n) is 3.92. The number of nitrogen functional groups attached to an aromatic ring is 1. The number of carbonyl (C=O) groups is 1. The second kappa shape index (κ2) is 15.3. The van der Waals surface area contributed by atoms with Gasteiger partial charge in [-0.1, -0.05) is 35.4 Å². The molecule has 2 aromatic rings. The van der Waals surface area contributed by atoms with Crippen molar-refractivity contribution in [1.29, 1.82) is 0 Å². The molecule has 244 valence electrons. The van der Waals surface area contributed by atoms with Crippen LogP contribution < -0.4 is 16.4 Å². The van der Waals surface area contributed by atoms with E-state index >= 15 is 0 Å². The summed E-state index contributed by atoms with van der Waals surface area (Å²) in [6.45, 7) is -0.00764. The van der Waals surface area contributed by atoms with Crippen LogP contribution in [0.5, 0.6) is 0 Å². The molecule has 21 nitrogen and oxygen atoms in total. The maximum absolute atomic E-state index is 12.1. The first-order valence-corrected chi connectivity index (χ1v) is 18.4. The van der Waals surface area contributed by atoms with Gasteiger partial charge in [-0.25, -0.2) is 28.6 Å². The van der Waals surface area contributed by atoms with Gasteiger partial charge in [-0.3, -0.25) is 13.9 Å². The molecule has 1 amide bonds. The minimum atomic E-state index is -5.76. The quantitative estimate of drug-likeness (QED) is 0.0437. The van der Waals surface area contributed by atoms with E-state index in [2.05, 4.69) is 38.7 Å². The van der Waals surface area contributed by atoms with Crippen LogP contribution >= 0.6 is 46.1 Å². The van der Waals surface area contributed by atoms with Gasteiger partial charge in [0.15, 0.2) is 23.2 Å². The number of imidazole rings is 1. The zero-order valence-electron chi connectivity index (χ0n) is 22.1. The summed E-state index contributed by atoms with van der Waals surface area (Å²) in [5.74, 6) is 0.125. The van der Waals surface area contributed by atoms with Gasteiger partial charge >= 0.3 is 23.5 Å². The SMILES string of the molecule is Nc1ncnc2c1nc(NCCCCCCNC(=O)CI)n2[C@@H]1O[C@H](COP(=O)(O)OP(=O)(O)OP(=O)(O)O)[C@@H](O)[C@H]1O. The molecule has 3 heterocycles. The number of phosphoric acid groups is 3. The number of fused-ring (bicyclic) bond motifs is 1. The number of phosphoric ester groups is 1. The van der Waals surface area contributed by atoms with Crippen LogP contribution in [0.2, 0.25) is 0 Å². The van der Waals surface area contributed by atoms with Gasteiger partial charge in [0.2, 0.25) is 11.9 Å². The molecule has 10 N–H and O–H groups in total. The van der Waals surface area contributed by atoms with Gasteiger partial charge in [0, 0.05) is 13.1 Å². The standard InChI is InChI=1S/C18H31IN7O14P3/c19-7-11(27)21-5-3-1-2-4-6-22-18-25-12-15(20)23-9-24-16(12)26(18)17-14(29)13(28)10(38-17)8-37-42(33,34)40-43(35,36)39-41(30,31)32/h9-10,13-14,17,28-29H,1-8H2,(H,21,27)(H,22,25)(H,33,34)(H,35,36)(H2,20,23,24)(H2,30,31,32)/t10-,13-,14-,17-/m1/s1. The number of amides is 1. The van der Waals surface area contributed by atoms with E-state index in [9.17, 15) is 38.5 Å². The Kier molecular flexibility index (Phi) is 12.8. The lowest BCUT2D eigenvalue weighted by Crippen LogP contribution is -2.33. The Bertz CT molecular complexity index is 1410. The zero-order chi connectivity index (χ0) is 32.0. The predicted octanol–water partition coefficient (Wildman–Crippen LogP) is -0.106. The number of nitrogens with one attached hydrogen (secondary N) is 2. The van der Waals surface area contributed by atoms with E-state index in [1.54, 1.807) is 0 Å². The third-order valence-electron chi connectivity index (χ3n) is 5.75. The number of hydrogen-bond donors (Lipinski definition) is 9. The summed E-state index contributed by atoms with van der Waals surface area (Å²) < 4.78 is 53.6. The molecular formula is C18H31IN7O14P3. The van der Waals surface area contributed by atoms with E-state index in [1.807, 2.05) is 22.6 Å². The first-order chi connectivity index (χ1) is 20.0. The number of ether oxygens (including phenoxy) is 1. The number of nitrogens with two attached hydrogens (primary N) is 1. The Morgan fingerprint density at radius 2 is 1.70 bits per heavy atom. The number of carbonyl (C=O) groups excluding carboxylic acids is 1. The summed E-state index contributed by atoms with van der Waals surface area (Å²) in [7, 11) is -16.9. The first kappa shape index (κ1) is 36.1. The van der Waals surface area contributed by atoms with E-state index in [1.165, 1.54) is 4.57 Å². The normalized spacial score (nSPS) is 23.6. The summed E-state index contributed by atoms with van der Waals surface area (Å²) in [6.07, 6.45) is -2.03. The molecule has 3 rings (SSSR count). The summed E-state index contributed by atoms with van der Waals surface area (Å²) in [5, 5.41) is 27.2. The van der Waals surface area contributed by atoms with Gasteiger partial charge in [0.05, 0.1) is 11.0 Å². The van der Waals surface area contributed by atoms with Crippen LogP contribution in [0.1, 0.15) is 31.9 Å². The van der Waals surface area contributed by atoms with E-state index in [0.29, 0.717) is 23.9 Å². The number of aromatic nitrogens is 4. The first-order valence-electron chi connectivity index (χ1n) is 12.4. The highest BCUT2D eigenvalue weighted by Crippen LogP contribution is 2.66. The molecule has 2 unspecified atom stereocenters. The Hall–Kier alpha value is -1.36. The van der Waals surface area contributed by atoms with Gasteiger partial charge in [-0.05, 0) is 12.8 Å². The Morgan fingerprint density at radius 1 is 1.02 bits per heavy atom. The second-order valence-corrected chi connectivity index (χ2v) is 14.2. The van der Waals surface area contributed by atoms with Crippen LogP contribution in [-0.2, 0) is 36.4 Å². The number of nitrogens with zero attached hydrogens (tertiary/aromatic N) is 4. The second-order valence-electron chi connectivity index (χ2n) is 8.99. The van der Waals surface area contributed by atoms with Gasteiger partial charge in [-0.2, -0.15) is 8.62 Å². The van der Waals surface area contributed by atoms with Crippen molar-refractivity contribution in [2.45, 2.75) is 50.2 Å². The topological polar surface area (TPSA) is 320 Å². The molecule has 2 aromatic heterocycles. The molecule has 1 fully saturated rings. The maximum Gasteiger partial charge on any atom is 0.490 e. The third kappa shape index (κ3) is 10.6. The van der Waals surface area contributed by atoms with Crippen molar-refractivity contribution >= 4 is 74.9 Å². The zero-order valence-corrected chi connectivity index (χ0v) is 26.9. The van der Waals surface area contributed by atoms with Gasteiger partial charge in [-0.15, -0.1) is 0 Å². The molecular weight excluding hydrogens is 758 g/mol. The number of rotatable bonds is 17. The third-order valence-corrected chi connectivity index (χ3v) is 10.2. The number of alkyl halides is 1. The molecule has 0 aromatic carbocycles. The van der Waals surface area contributed by atoms with Crippen molar-refractivity contribution in [2.75, 3.05) is 35.2 Å². The number of aliphatic hydroxyl groups is 2. The lowest BCUT2D eigenvalue weighted by Gasteiger charge is -2.20. The molecule has 43 heavy (non-hydrogen) atoms. The number of aliphatic hydroxyl groups excluding tert-OH is 2. The summed E-state index contributed by atoms with van der Waals surface area (Å²) in [4.78, 5) is 60.0. The lowest BCUT2D eigenvalue weighted by atomic mass is 10.1. The monoisotopic (exact) mass is 789 g/mol. The molecule has 0 saturated carbocycles. The fraction of sp³-hybridized carbons (Fsp3) is 0.667. The van der Waals surface area contributed by atoms with E-state index in [0.717, 1.165) is 25.6 Å². The summed E-state index contributed by atoms with van der Waals surface area (Å²) >= 11 is 1.98. The van der Waals surface area contributed by atoms with Crippen LogP contribution in [0.3, 0.4) is 0 Å². The minimum Gasteiger partial charge on any atom is -0.387 e. The maximum atomic E-state index is 12.1. The number of unbranched alkanes of at least 4 members (excludes halogenated alkanes) is 3. The highest BCUT2D eigenvalue weighted by Gasteiger charge is 2.47. The largest absolute Gasteiger partial charge is 0.490 e. The highest BCUT2D eigenvalue weighted by molar-refractivity contribution is 14.1. The molecule has 6 atom stereocenters. The van der Waals surface area contributed by atoms with Gasteiger partial charge in [0.1, 0.15) is 24.6 Å². The van der Waals surface area contributed by atoms with Crippen molar-refractivity contribution in [3.63, 3.8) is 0 Å².